The van der Waals surface area contributed by atoms with Gasteiger partial charge in [-0.05, 0) is 44.2 Å². The Hall–Kier alpha value is -2.08. The van der Waals surface area contributed by atoms with E-state index in [9.17, 15) is 9.59 Å². The van der Waals surface area contributed by atoms with Crippen LogP contribution in [0.4, 0.5) is 11.4 Å². The third-order valence-corrected chi connectivity index (χ3v) is 4.75. The van der Waals surface area contributed by atoms with E-state index in [0.717, 1.165) is 51.1 Å². The minimum absolute atomic E-state index is 0.441. The molecule has 1 aromatic carbocycles. The van der Waals surface area contributed by atoms with Gasteiger partial charge in [-0.1, -0.05) is 20.3 Å². The smallest absolute Gasteiger partial charge is 0.313 e. The topological polar surface area (TPSA) is 55.9 Å². The predicted octanol–water partition coefficient (Wildman–Crippen LogP) is 2.42. The van der Waals surface area contributed by atoms with Gasteiger partial charge >= 0.3 is 11.8 Å². The summed E-state index contributed by atoms with van der Waals surface area (Å²) in [4.78, 5) is 31.0. The minimum atomic E-state index is -0.554. The highest BCUT2D eigenvalue weighted by molar-refractivity contribution is 6.39. The zero-order valence-corrected chi connectivity index (χ0v) is 16.3. The molecule has 0 atom stereocenters. The van der Waals surface area contributed by atoms with E-state index in [2.05, 4.69) is 29.1 Å². The van der Waals surface area contributed by atoms with Crippen LogP contribution < -0.4 is 10.2 Å². The number of nitrogens with one attached hydrogen (secondary N) is 1. The van der Waals surface area contributed by atoms with Crippen LogP contribution in [0.3, 0.4) is 0 Å². The fourth-order valence-corrected chi connectivity index (χ4v) is 3.08. The molecule has 0 saturated carbocycles. The quantitative estimate of drug-likeness (QED) is 0.759. The van der Waals surface area contributed by atoms with Crippen LogP contribution in [0, 0.1) is 0 Å². The summed E-state index contributed by atoms with van der Waals surface area (Å²) >= 11 is 0. The molecule has 1 saturated heterocycles. The molecular formula is C20H32N4O2. The standard InChI is InChI=1S/C20H32N4O2/c1-4-6-12-24(11-5-2)20(26)19(25)21-17-7-9-18(10-8-17)23-15-13-22(3)14-16-23/h7-10H,4-6,11-16H2,1-3H3,(H,21,25). The van der Waals surface area contributed by atoms with Gasteiger partial charge in [0.2, 0.25) is 0 Å². The summed E-state index contributed by atoms with van der Waals surface area (Å²) in [5, 5.41) is 2.74. The Labute approximate surface area is 157 Å². The molecule has 0 radical (unpaired) electrons. The third kappa shape index (κ3) is 5.73. The van der Waals surface area contributed by atoms with Crippen molar-refractivity contribution in [3.05, 3.63) is 24.3 Å². The molecule has 1 aromatic rings. The van der Waals surface area contributed by atoms with Gasteiger partial charge < -0.3 is 20.0 Å². The van der Waals surface area contributed by atoms with Gasteiger partial charge in [-0.2, -0.15) is 0 Å². The number of nitrogens with zero attached hydrogens (tertiary/aromatic N) is 3. The molecule has 0 spiro atoms. The number of carbonyl (C=O) groups excluding carboxylic acids is 2. The van der Waals surface area contributed by atoms with Crippen LogP contribution in [0.25, 0.3) is 0 Å². The highest BCUT2D eigenvalue weighted by atomic mass is 16.2. The first kappa shape index (κ1) is 20.2. The number of likely N-dealkylation sites (N-methyl/N-ethyl adjacent to an activating group) is 1. The first-order valence-corrected chi connectivity index (χ1v) is 9.69. The Balaban J connectivity index is 1.92. The van der Waals surface area contributed by atoms with Crippen molar-refractivity contribution in [1.82, 2.24) is 9.80 Å². The van der Waals surface area contributed by atoms with Crippen molar-refractivity contribution < 1.29 is 9.59 Å². The second-order valence-electron chi connectivity index (χ2n) is 6.94. The van der Waals surface area contributed by atoms with E-state index >= 15 is 0 Å². The highest BCUT2D eigenvalue weighted by Crippen LogP contribution is 2.19. The summed E-state index contributed by atoms with van der Waals surface area (Å²) in [5.41, 5.74) is 1.81. The monoisotopic (exact) mass is 360 g/mol. The zero-order valence-electron chi connectivity index (χ0n) is 16.3. The van der Waals surface area contributed by atoms with Crippen molar-refractivity contribution >= 4 is 23.2 Å². The first-order valence-electron chi connectivity index (χ1n) is 9.69. The van der Waals surface area contributed by atoms with Crippen LogP contribution in [0.2, 0.25) is 0 Å². The van der Waals surface area contributed by atoms with Gasteiger partial charge in [-0.25, -0.2) is 0 Å². The Morgan fingerprint density at radius 3 is 2.23 bits per heavy atom. The van der Waals surface area contributed by atoms with Crippen molar-refractivity contribution in [1.29, 1.82) is 0 Å². The second-order valence-corrected chi connectivity index (χ2v) is 6.94. The van der Waals surface area contributed by atoms with E-state index in [-0.39, 0.29) is 0 Å². The number of anilines is 2. The van der Waals surface area contributed by atoms with Gasteiger partial charge in [0, 0.05) is 50.6 Å². The number of amides is 2. The number of rotatable bonds is 7. The number of hydrogen-bond acceptors (Lipinski definition) is 4. The van der Waals surface area contributed by atoms with Gasteiger partial charge in [-0.15, -0.1) is 0 Å². The van der Waals surface area contributed by atoms with Gasteiger partial charge in [0.1, 0.15) is 0 Å². The lowest BCUT2D eigenvalue weighted by molar-refractivity contribution is -0.143. The van der Waals surface area contributed by atoms with Crippen molar-refractivity contribution in [2.75, 3.05) is 56.5 Å². The highest BCUT2D eigenvalue weighted by Gasteiger charge is 2.21. The lowest BCUT2D eigenvalue weighted by atomic mass is 10.2. The molecule has 1 aliphatic heterocycles. The van der Waals surface area contributed by atoms with Crippen LogP contribution >= 0.6 is 0 Å². The van der Waals surface area contributed by atoms with E-state index in [1.807, 2.05) is 31.2 Å². The Bertz CT molecular complexity index is 580. The molecule has 1 aliphatic rings. The van der Waals surface area contributed by atoms with Crippen molar-refractivity contribution in [3.8, 4) is 0 Å². The van der Waals surface area contributed by atoms with E-state index in [1.54, 1.807) is 4.90 Å². The molecule has 144 valence electrons. The molecule has 0 aliphatic carbocycles. The molecule has 6 nitrogen and oxygen atoms in total. The maximum absolute atomic E-state index is 12.4. The lowest BCUT2D eigenvalue weighted by Gasteiger charge is -2.34. The summed E-state index contributed by atoms with van der Waals surface area (Å²) in [6.45, 7) is 9.47. The summed E-state index contributed by atoms with van der Waals surface area (Å²) < 4.78 is 0. The van der Waals surface area contributed by atoms with Crippen LogP contribution in [0.15, 0.2) is 24.3 Å². The average molecular weight is 361 g/mol. The van der Waals surface area contributed by atoms with E-state index < -0.39 is 11.8 Å². The van der Waals surface area contributed by atoms with Crippen LogP contribution in [-0.4, -0.2) is 67.9 Å². The molecule has 1 heterocycles. The molecule has 0 bridgehead atoms. The number of carbonyl (C=O) groups is 2. The Kier molecular flexibility index (Phi) is 7.91. The molecule has 0 unspecified atom stereocenters. The second kappa shape index (κ2) is 10.2. The lowest BCUT2D eigenvalue weighted by Crippen LogP contribution is -2.44. The average Bonchev–Trinajstić information content (AvgIpc) is 2.66. The molecule has 1 fully saturated rings. The maximum atomic E-state index is 12.4. The van der Waals surface area contributed by atoms with Crippen LogP contribution in [0.1, 0.15) is 33.1 Å². The molecular weight excluding hydrogens is 328 g/mol. The number of piperazine rings is 1. The first-order chi connectivity index (χ1) is 12.5. The summed E-state index contributed by atoms with van der Waals surface area (Å²) in [5.74, 6) is -0.995. The van der Waals surface area contributed by atoms with Crippen LogP contribution in [-0.2, 0) is 9.59 Å². The molecule has 1 N–H and O–H groups in total. The number of benzene rings is 1. The number of hydrogen-bond donors (Lipinski definition) is 1. The van der Waals surface area contributed by atoms with Crippen molar-refractivity contribution in [2.45, 2.75) is 33.1 Å². The molecule has 2 rings (SSSR count). The largest absolute Gasteiger partial charge is 0.369 e. The van der Waals surface area contributed by atoms with Crippen molar-refractivity contribution in [2.24, 2.45) is 0 Å². The van der Waals surface area contributed by atoms with Gasteiger partial charge in [0.25, 0.3) is 0 Å². The SMILES string of the molecule is CCCCN(CCC)C(=O)C(=O)Nc1ccc(N2CCN(C)CC2)cc1. The Morgan fingerprint density at radius 1 is 1.00 bits per heavy atom. The zero-order chi connectivity index (χ0) is 18.9. The van der Waals surface area contributed by atoms with Gasteiger partial charge in [0.05, 0.1) is 0 Å². The molecule has 26 heavy (non-hydrogen) atoms. The van der Waals surface area contributed by atoms with Crippen LogP contribution in [0.5, 0.6) is 0 Å². The summed E-state index contributed by atoms with van der Waals surface area (Å²) in [6, 6.07) is 7.75. The van der Waals surface area contributed by atoms with Crippen molar-refractivity contribution in [3.63, 3.8) is 0 Å². The van der Waals surface area contributed by atoms with E-state index in [1.165, 1.54) is 0 Å². The third-order valence-electron chi connectivity index (χ3n) is 4.75. The van der Waals surface area contributed by atoms with E-state index in [0.29, 0.717) is 18.8 Å². The summed E-state index contributed by atoms with van der Waals surface area (Å²) in [6.07, 6.45) is 2.77. The fourth-order valence-electron chi connectivity index (χ4n) is 3.08. The predicted molar refractivity (Wildman–Crippen MR) is 107 cm³/mol. The normalized spacial score (nSPS) is 15.0. The minimum Gasteiger partial charge on any atom is -0.369 e. The molecule has 6 heteroatoms. The summed E-state index contributed by atoms with van der Waals surface area (Å²) in [7, 11) is 2.13. The maximum Gasteiger partial charge on any atom is 0.313 e. The molecule has 2 amide bonds. The Morgan fingerprint density at radius 2 is 1.65 bits per heavy atom. The van der Waals surface area contributed by atoms with Gasteiger partial charge in [0.15, 0.2) is 0 Å². The molecule has 0 aromatic heterocycles. The van der Waals surface area contributed by atoms with Gasteiger partial charge in [-0.3, -0.25) is 9.59 Å². The fraction of sp³-hybridized carbons (Fsp3) is 0.600. The number of unbranched alkanes of at least 4 members (excludes halogenated alkanes) is 1. The van der Waals surface area contributed by atoms with E-state index in [4.69, 9.17) is 0 Å².